The number of hydrogen-bond acceptors (Lipinski definition) is 2. The van der Waals surface area contributed by atoms with E-state index in [0.29, 0.717) is 0 Å². The average molecular weight is 193 g/mol. The molecule has 3 nitrogen and oxygen atoms in total. The van der Waals surface area contributed by atoms with Crippen molar-refractivity contribution in [3.8, 4) is 0 Å². The first kappa shape index (κ1) is 9.71. The summed E-state index contributed by atoms with van der Waals surface area (Å²) in [5.41, 5.74) is 6.27. The van der Waals surface area contributed by atoms with Gasteiger partial charge in [-0.15, -0.1) is 0 Å². The van der Waals surface area contributed by atoms with Crippen molar-refractivity contribution < 1.29 is 0 Å². The SMILES string of the molecule is Cn1ccnc1C1(N)CCCCCC1. The summed E-state index contributed by atoms with van der Waals surface area (Å²) >= 11 is 0. The summed E-state index contributed by atoms with van der Waals surface area (Å²) in [6.07, 6.45) is 11.1. The van der Waals surface area contributed by atoms with Crippen molar-refractivity contribution in [2.24, 2.45) is 12.8 Å². The molecule has 0 unspecified atom stereocenters. The van der Waals surface area contributed by atoms with Crippen LogP contribution in [0, 0.1) is 0 Å². The first-order valence-corrected chi connectivity index (χ1v) is 5.49. The molecule has 0 bridgehead atoms. The van der Waals surface area contributed by atoms with E-state index in [9.17, 15) is 0 Å². The Morgan fingerprint density at radius 3 is 2.43 bits per heavy atom. The molecule has 1 aliphatic carbocycles. The van der Waals surface area contributed by atoms with Crippen molar-refractivity contribution >= 4 is 0 Å². The second-order valence-electron chi connectivity index (χ2n) is 4.43. The second kappa shape index (κ2) is 3.73. The summed E-state index contributed by atoms with van der Waals surface area (Å²) in [4.78, 5) is 4.39. The van der Waals surface area contributed by atoms with E-state index in [0.717, 1.165) is 18.7 Å². The molecule has 1 aromatic rings. The van der Waals surface area contributed by atoms with Crippen LogP contribution in [0.2, 0.25) is 0 Å². The van der Waals surface area contributed by atoms with E-state index in [1.807, 2.05) is 19.4 Å². The molecular weight excluding hydrogens is 174 g/mol. The lowest BCUT2D eigenvalue weighted by molar-refractivity contribution is 0.353. The monoisotopic (exact) mass is 193 g/mol. The lowest BCUT2D eigenvalue weighted by Crippen LogP contribution is -2.38. The van der Waals surface area contributed by atoms with E-state index in [4.69, 9.17) is 5.73 Å². The van der Waals surface area contributed by atoms with Crippen molar-refractivity contribution in [3.63, 3.8) is 0 Å². The third-order valence-corrected chi connectivity index (χ3v) is 3.26. The zero-order chi connectivity index (χ0) is 10.0. The highest BCUT2D eigenvalue weighted by atomic mass is 15.1. The van der Waals surface area contributed by atoms with Crippen LogP contribution in [-0.4, -0.2) is 9.55 Å². The fraction of sp³-hybridized carbons (Fsp3) is 0.727. The summed E-state index contributed by atoms with van der Waals surface area (Å²) in [5, 5.41) is 0. The van der Waals surface area contributed by atoms with Crippen LogP contribution in [0.4, 0.5) is 0 Å². The van der Waals surface area contributed by atoms with Crippen LogP contribution < -0.4 is 5.73 Å². The minimum atomic E-state index is -0.172. The Labute approximate surface area is 85.3 Å². The van der Waals surface area contributed by atoms with E-state index >= 15 is 0 Å². The largest absolute Gasteiger partial charge is 0.336 e. The number of aromatic nitrogens is 2. The van der Waals surface area contributed by atoms with Crippen molar-refractivity contribution in [1.82, 2.24) is 9.55 Å². The van der Waals surface area contributed by atoms with Gasteiger partial charge in [-0.05, 0) is 12.8 Å². The van der Waals surface area contributed by atoms with Gasteiger partial charge in [0.1, 0.15) is 5.82 Å². The Kier molecular flexibility index (Phi) is 2.59. The molecule has 14 heavy (non-hydrogen) atoms. The minimum absolute atomic E-state index is 0.172. The molecule has 1 aliphatic rings. The Morgan fingerprint density at radius 1 is 1.29 bits per heavy atom. The van der Waals surface area contributed by atoms with Crippen LogP contribution in [0.3, 0.4) is 0 Å². The van der Waals surface area contributed by atoms with Crippen molar-refractivity contribution in [1.29, 1.82) is 0 Å². The van der Waals surface area contributed by atoms with E-state index in [1.54, 1.807) is 0 Å². The number of hydrogen-bond donors (Lipinski definition) is 1. The number of nitrogens with zero attached hydrogens (tertiary/aromatic N) is 2. The fourth-order valence-corrected chi connectivity index (χ4v) is 2.43. The molecule has 0 radical (unpaired) electrons. The normalized spacial score (nSPS) is 21.9. The maximum Gasteiger partial charge on any atom is 0.128 e. The quantitative estimate of drug-likeness (QED) is 0.692. The predicted octanol–water partition coefficient (Wildman–Crippen LogP) is 1.93. The maximum absolute atomic E-state index is 6.44. The highest BCUT2D eigenvalue weighted by Crippen LogP contribution is 2.32. The summed E-state index contributed by atoms with van der Waals surface area (Å²) in [5.74, 6) is 1.06. The Bertz CT molecular complexity index is 295. The van der Waals surface area contributed by atoms with Gasteiger partial charge in [0.25, 0.3) is 0 Å². The van der Waals surface area contributed by atoms with Crippen molar-refractivity contribution in [3.05, 3.63) is 18.2 Å². The molecule has 0 saturated heterocycles. The number of nitrogens with two attached hydrogens (primary N) is 1. The number of imidazole rings is 1. The molecule has 0 spiro atoms. The van der Waals surface area contributed by atoms with E-state index in [1.165, 1.54) is 25.7 Å². The molecule has 1 saturated carbocycles. The second-order valence-corrected chi connectivity index (χ2v) is 4.43. The van der Waals surface area contributed by atoms with Crippen molar-refractivity contribution in [2.45, 2.75) is 44.1 Å². The van der Waals surface area contributed by atoms with Crippen LogP contribution in [0.5, 0.6) is 0 Å². The Morgan fingerprint density at radius 2 is 1.93 bits per heavy atom. The van der Waals surface area contributed by atoms with E-state index in [-0.39, 0.29) is 5.54 Å². The van der Waals surface area contributed by atoms with Gasteiger partial charge in [0, 0.05) is 19.4 Å². The minimum Gasteiger partial charge on any atom is -0.336 e. The highest BCUT2D eigenvalue weighted by molar-refractivity contribution is 5.07. The van der Waals surface area contributed by atoms with Gasteiger partial charge in [0.2, 0.25) is 0 Å². The maximum atomic E-state index is 6.44. The highest BCUT2D eigenvalue weighted by Gasteiger charge is 2.31. The molecule has 0 atom stereocenters. The van der Waals surface area contributed by atoms with Gasteiger partial charge in [0.15, 0.2) is 0 Å². The Hall–Kier alpha value is -0.830. The molecule has 78 valence electrons. The van der Waals surface area contributed by atoms with Crippen LogP contribution in [0.15, 0.2) is 12.4 Å². The van der Waals surface area contributed by atoms with Crippen LogP contribution >= 0.6 is 0 Å². The van der Waals surface area contributed by atoms with Gasteiger partial charge < -0.3 is 10.3 Å². The molecule has 0 aliphatic heterocycles. The smallest absolute Gasteiger partial charge is 0.128 e. The average Bonchev–Trinajstić information content (AvgIpc) is 2.46. The zero-order valence-corrected chi connectivity index (χ0v) is 8.87. The molecule has 0 amide bonds. The van der Waals surface area contributed by atoms with Gasteiger partial charge in [-0.3, -0.25) is 0 Å². The molecule has 1 fully saturated rings. The predicted molar refractivity (Wildman–Crippen MR) is 56.8 cm³/mol. The summed E-state index contributed by atoms with van der Waals surface area (Å²) < 4.78 is 2.06. The number of rotatable bonds is 1. The van der Waals surface area contributed by atoms with Crippen molar-refractivity contribution in [2.75, 3.05) is 0 Å². The molecule has 1 aromatic heterocycles. The first-order chi connectivity index (χ1) is 6.72. The van der Waals surface area contributed by atoms with Gasteiger partial charge in [-0.25, -0.2) is 4.98 Å². The standard InChI is InChI=1S/C11H19N3/c1-14-9-8-13-10(14)11(12)6-4-2-3-5-7-11/h8-9H,2-7,12H2,1H3. The number of aryl methyl sites for hydroxylation is 1. The first-order valence-electron chi connectivity index (χ1n) is 5.49. The zero-order valence-electron chi connectivity index (χ0n) is 8.87. The van der Waals surface area contributed by atoms with Crippen LogP contribution in [0.1, 0.15) is 44.3 Å². The summed E-state index contributed by atoms with van der Waals surface area (Å²) in [7, 11) is 2.03. The molecule has 3 heteroatoms. The van der Waals surface area contributed by atoms with Gasteiger partial charge in [0.05, 0.1) is 5.54 Å². The van der Waals surface area contributed by atoms with Crippen LogP contribution in [0.25, 0.3) is 0 Å². The van der Waals surface area contributed by atoms with E-state index in [2.05, 4.69) is 9.55 Å². The Balaban J connectivity index is 2.25. The van der Waals surface area contributed by atoms with Gasteiger partial charge in [-0.2, -0.15) is 0 Å². The fourth-order valence-electron chi connectivity index (χ4n) is 2.43. The molecule has 2 rings (SSSR count). The molecule has 2 N–H and O–H groups in total. The van der Waals surface area contributed by atoms with Gasteiger partial charge >= 0.3 is 0 Å². The molecular formula is C11H19N3. The lowest BCUT2D eigenvalue weighted by Gasteiger charge is -2.27. The third kappa shape index (κ3) is 1.69. The molecule has 1 heterocycles. The summed E-state index contributed by atoms with van der Waals surface area (Å²) in [6, 6.07) is 0. The topological polar surface area (TPSA) is 43.8 Å². The lowest BCUT2D eigenvalue weighted by atomic mass is 9.90. The summed E-state index contributed by atoms with van der Waals surface area (Å²) in [6.45, 7) is 0. The van der Waals surface area contributed by atoms with Crippen LogP contribution in [-0.2, 0) is 12.6 Å². The van der Waals surface area contributed by atoms with Gasteiger partial charge in [-0.1, -0.05) is 25.7 Å². The van der Waals surface area contributed by atoms with E-state index < -0.39 is 0 Å². The third-order valence-electron chi connectivity index (χ3n) is 3.26. The molecule has 0 aromatic carbocycles.